The molecule has 0 aliphatic rings. The lowest BCUT2D eigenvalue weighted by molar-refractivity contribution is -0.142. The predicted molar refractivity (Wildman–Crippen MR) is 122 cm³/mol. The highest BCUT2D eigenvalue weighted by molar-refractivity contribution is 5.88. The van der Waals surface area contributed by atoms with Gasteiger partial charge in [-0.1, -0.05) is 66.7 Å². The fourth-order valence-corrected chi connectivity index (χ4v) is 3.47. The van der Waals surface area contributed by atoms with Crippen LogP contribution in [0, 0.1) is 12.7 Å². The Kier molecular flexibility index (Phi) is 7.97. The predicted octanol–water partition coefficient (Wildman–Crippen LogP) is 3.90. The highest BCUT2D eigenvalue weighted by Crippen LogP contribution is 2.19. The lowest BCUT2D eigenvalue weighted by Gasteiger charge is -2.31. The lowest BCUT2D eigenvalue weighted by atomic mass is 10.0. The van der Waals surface area contributed by atoms with Gasteiger partial charge in [0.25, 0.3) is 5.91 Å². The first-order valence-corrected chi connectivity index (χ1v) is 10.5. The van der Waals surface area contributed by atoms with Crippen molar-refractivity contribution in [2.45, 2.75) is 25.9 Å². The van der Waals surface area contributed by atoms with E-state index >= 15 is 0 Å². The van der Waals surface area contributed by atoms with Gasteiger partial charge in [0.2, 0.25) is 5.91 Å². The Morgan fingerprint density at radius 1 is 0.969 bits per heavy atom. The number of likely N-dealkylation sites (N-methyl/N-ethyl adjacent to an activating group) is 1. The molecule has 0 radical (unpaired) electrons. The topological polar surface area (TPSA) is 58.6 Å². The first-order valence-electron chi connectivity index (χ1n) is 10.5. The number of rotatable bonds is 9. The summed E-state index contributed by atoms with van der Waals surface area (Å²) in [4.78, 5) is 27.5. The maximum atomic E-state index is 14.4. The molecule has 2 amide bonds. The number of carbonyl (C=O) groups is 2. The Morgan fingerprint density at radius 2 is 1.62 bits per heavy atom. The standard InChI is InChI=1S/C26H27FN2O3/c1-19-10-6-9-15-24(19)32-18-25(30)29(17-21-13-7-8-14-22(21)27)23(26(31)28-2)16-20-11-4-3-5-12-20/h3-15,23H,16-18H2,1-2H3,(H,28,31). The minimum absolute atomic E-state index is 0.0481. The number of nitrogens with zero attached hydrogens (tertiary/aromatic N) is 1. The van der Waals surface area contributed by atoms with Crippen molar-refractivity contribution in [3.05, 3.63) is 101 Å². The van der Waals surface area contributed by atoms with Crippen LogP contribution in [-0.2, 0) is 22.6 Å². The summed E-state index contributed by atoms with van der Waals surface area (Å²) in [6.45, 7) is 1.58. The van der Waals surface area contributed by atoms with Crippen molar-refractivity contribution in [1.29, 1.82) is 0 Å². The van der Waals surface area contributed by atoms with Crippen molar-refractivity contribution in [2.24, 2.45) is 0 Å². The average Bonchev–Trinajstić information content (AvgIpc) is 2.82. The fraction of sp³-hybridized carbons (Fsp3) is 0.231. The van der Waals surface area contributed by atoms with Gasteiger partial charge in [0, 0.05) is 25.6 Å². The normalized spacial score (nSPS) is 11.5. The molecular formula is C26H27FN2O3. The summed E-state index contributed by atoms with van der Waals surface area (Å²) >= 11 is 0. The molecule has 0 bridgehead atoms. The third kappa shape index (κ3) is 5.94. The van der Waals surface area contributed by atoms with Crippen molar-refractivity contribution in [3.63, 3.8) is 0 Å². The molecule has 0 heterocycles. The van der Waals surface area contributed by atoms with Crippen LogP contribution in [0.4, 0.5) is 4.39 Å². The molecule has 3 aromatic carbocycles. The van der Waals surface area contributed by atoms with Gasteiger partial charge in [-0.25, -0.2) is 4.39 Å². The van der Waals surface area contributed by atoms with Gasteiger partial charge in [-0.3, -0.25) is 9.59 Å². The third-order valence-corrected chi connectivity index (χ3v) is 5.26. The number of ether oxygens (including phenoxy) is 1. The van der Waals surface area contributed by atoms with E-state index in [1.807, 2.05) is 55.5 Å². The molecule has 6 heteroatoms. The van der Waals surface area contributed by atoms with E-state index in [1.165, 1.54) is 18.0 Å². The number of para-hydroxylation sites is 1. The maximum absolute atomic E-state index is 14.4. The minimum Gasteiger partial charge on any atom is -0.484 e. The van der Waals surface area contributed by atoms with Crippen molar-refractivity contribution in [1.82, 2.24) is 10.2 Å². The SMILES string of the molecule is CNC(=O)C(Cc1ccccc1)N(Cc1ccccc1F)C(=O)COc1ccccc1C. The molecule has 0 saturated carbocycles. The van der Waals surface area contributed by atoms with E-state index < -0.39 is 17.8 Å². The number of carbonyl (C=O) groups excluding carboxylic acids is 2. The van der Waals surface area contributed by atoms with Gasteiger partial charge < -0.3 is 15.0 Å². The second kappa shape index (κ2) is 11.1. The highest BCUT2D eigenvalue weighted by atomic mass is 19.1. The Hall–Kier alpha value is -3.67. The van der Waals surface area contributed by atoms with E-state index in [4.69, 9.17) is 4.74 Å². The molecular weight excluding hydrogens is 407 g/mol. The Labute approximate surface area is 187 Å². The third-order valence-electron chi connectivity index (χ3n) is 5.26. The summed E-state index contributed by atoms with van der Waals surface area (Å²) in [5, 5.41) is 2.64. The van der Waals surface area contributed by atoms with Gasteiger partial charge >= 0.3 is 0 Å². The van der Waals surface area contributed by atoms with Crippen LogP contribution in [0.25, 0.3) is 0 Å². The summed E-state index contributed by atoms with van der Waals surface area (Å²) < 4.78 is 20.2. The van der Waals surface area contributed by atoms with Gasteiger partial charge in [-0.2, -0.15) is 0 Å². The first-order chi connectivity index (χ1) is 15.5. The zero-order valence-electron chi connectivity index (χ0n) is 18.3. The molecule has 1 unspecified atom stereocenters. The van der Waals surface area contributed by atoms with Gasteiger partial charge in [-0.05, 0) is 30.2 Å². The summed E-state index contributed by atoms with van der Waals surface area (Å²) in [5.41, 5.74) is 2.12. The quantitative estimate of drug-likeness (QED) is 0.556. The molecule has 0 fully saturated rings. The smallest absolute Gasteiger partial charge is 0.261 e. The van der Waals surface area contributed by atoms with Crippen LogP contribution >= 0.6 is 0 Å². The van der Waals surface area contributed by atoms with Gasteiger partial charge in [0.15, 0.2) is 6.61 Å². The molecule has 166 valence electrons. The van der Waals surface area contributed by atoms with Crippen molar-refractivity contribution < 1.29 is 18.7 Å². The molecule has 0 aliphatic carbocycles. The number of aryl methyl sites for hydroxylation is 1. The van der Waals surface area contributed by atoms with E-state index in [2.05, 4.69) is 5.32 Å². The number of nitrogens with one attached hydrogen (secondary N) is 1. The summed E-state index contributed by atoms with van der Waals surface area (Å²) in [6.07, 6.45) is 0.297. The van der Waals surface area contributed by atoms with Crippen LogP contribution in [0.3, 0.4) is 0 Å². The molecule has 5 nitrogen and oxygen atoms in total. The van der Waals surface area contributed by atoms with Crippen LogP contribution in [0.2, 0.25) is 0 Å². The highest BCUT2D eigenvalue weighted by Gasteiger charge is 2.30. The maximum Gasteiger partial charge on any atom is 0.261 e. The minimum atomic E-state index is -0.824. The van der Waals surface area contributed by atoms with Crippen molar-refractivity contribution in [2.75, 3.05) is 13.7 Å². The van der Waals surface area contributed by atoms with E-state index in [9.17, 15) is 14.0 Å². The Balaban J connectivity index is 1.89. The van der Waals surface area contributed by atoms with Crippen LogP contribution < -0.4 is 10.1 Å². The van der Waals surface area contributed by atoms with Gasteiger partial charge in [-0.15, -0.1) is 0 Å². The molecule has 3 aromatic rings. The second-order valence-corrected chi connectivity index (χ2v) is 7.49. The van der Waals surface area contributed by atoms with E-state index in [-0.39, 0.29) is 19.1 Å². The van der Waals surface area contributed by atoms with E-state index in [1.54, 1.807) is 24.3 Å². The number of hydrogen-bond acceptors (Lipinski definition) is 3. The fourth-order valence-electron chi connectivity index (χ4n) is 3.47. The van der Waals surface area contributed by atoms with Crippen LogP contribution in [0.15, 0.2) is 78.9 Å². The molecule has 0 aliphatic heterocycles. The Bertz CT molecular complexity index is 1060. The van der Waals surface area contributed by atoms with Crippen LogP contribution in [0.5, 0.6) is 5.75 Å². The molecule has 0 aromatic heterocycles. The first kappa shape index (κ1) is 23.0. The number of halogens is 1. The summed E-state index contributed by atoms with van der Waals surface area (Å²) in [6, 6.07) is 22.2. The number of amides is 2. The van der Waals surface area contributed by atoms with Crippen molar-refractivity contribution in [3.8, 4) is 5.75 Å². The van der Waals surface area contributed by atoms with E-state index in [0.29, 0.717) is 17.7 Å². The van der Waals surface area contributed by atoms with Gasteiger partial charge in [0.1, 0.15) is 17.6 Å². The molecule has 1 atom stereocenters. The van der Waals surface area contributed by atoms with Crippen LogP contribution in [-0.4, -0.2) is 36.4 Å². The number of hydrogen-bond donors (Lipinski definition) is 1. The molecule has 3 rings (SSSR count). The molecule has 1 N–H and O–H groups in total. The van der Waals surface area contributed by atoms with Crippen molar-refractivity contribution >= 4 is 11.8 Å². The number of benzene rings is 3. The molecule has 32 heavy (non-hydrogen) atoms. The largest absolute Gasteiger partial charge is 0.484 e. The Morgan fingerprint density at radius 3 is 2.31 bits per heavy atom. The molecule has 0 saturated heterocycles. The second-order valence-electron chi connectivity index (χ2n) is 7.49. The average molecular weight is 435 g/mol. The van der Waals surface area contributed by atoms with Gasteiger partial charge in [0.05, 0.1) is 0 Å². The summed E-state index contributed by atoms with van der Waals surface area (Å²) in [7, 11) is 1.52. The monoisotopic (exact) mass is 434 g/mol. The van der Waals surface area contributed by atoms with E-state index in [0.717, 1.165) is 11.1 Å². The molecule has 0 spiro atoms. The van der Waals surface area contributed by atoms with Crippen LogP contribution in [0.1, 0.15) is 16.7 Å². The lowest BCUT2D eigenvalue weighted by Crippen LogP contribution is -2.51. The zero-order chi connectivity index (χ0) is 22.9. The zero-order valence-corrected chi connectivity index (χ0v) is 18.3. The summed E-state index contributed by atoms with van der Waals surface area (Å²) in [5.74, 6) is -0.567.